The molecule has 1 unspecified atom stereocenters. The van der Waals surface area contributed by atoms with Crippen LogP contribution in [0.2, 0.25) is 0 Å². The van der Waals surface area contributed by atoms with Gasteiger partial charge in [0.15, 0.2) is 0 Å². The van der Waals surface area contributed by atoms with E-state index in [1.165, 1.54) is 19.2 Å². The summed E-state index contributed by atoms with van der Waals surface area (Å²) in [5.41, 5.74) is 2.06. The van der Waals surface area contributed by atoms with Gasteiger partial charge < -0.3 is 19.7 Å². The van der Waals surface area contributed by atoms with Gasteiger partial charge >= 0.3 is 6.36 Å². The number of hydrogen-bond acceptors (Lipinski definition) is 6. The van der Waals surface area contributed by atoms with Crippen LogP contribution in [0.15, 0.2) is 30.5 Å². The summed E-state index contributed by atoms with van der Waals surface area (Å²) in [4.78, 5) is 2.37. The molecular weight excluding hydrogens is 423 g/mol. The smallest absolute Gasteiger partial charge is 0.497 e. The lowest BCUT2D eigenvalue weighted by atomic mass is 10.1. The number of likely N-dealkylation sites (N-methyl/N-ethyl adjacent to an activating group) is 1. The van der Waals surface area contributed by atoms with Crippen molar-refractivity contribution in [3.63, 3.8) is 0 Å². The molecule has 4 rings (SSSR count). The molecule has 32 heavy (non-hydrogen) atoms. The highest BCUT2D eigenvalue weighted by Gasteiger charge is 2.33. The number of anilines is 1. The number of aryl methyl sites for hydroxylation is 1. The highest BCUT2D eigenvalue weighted by atomic mass is 19.4. The summed E-state index contributed by atoms with van der Waals surface area (Å²) in [7, 11) is 1.38. The van der Waals surface area contributed by atoms with E-state index >= 15 is 0 Å². The number of fused-ring (bicyclic) bond motifs is 1. The molecule has 1 aliphatic rings. The average molecular weight is 449 g/mol. The predicted octanol–water partition coefficient (Wildman–Crippen LogP) is 4.51. The molecule has 0 spiro atoms. The molecule has 1 saturated heterocycles. The van der Waals surface area contributed by atoms with E-state index in [1.54, 1.807) is 6.07 Å². The second-order valence-corrected chi connectivity index (χ2v) is 7.93. The molecule has 172 valence electrons. The van der Waals surface area contributed by atoms with Crippen LogP contribution in [-0.4, -0.2) is 58.6 Å². The molecular formula is C22H26F3N5O2. The number of likely N-dealkylation sites (tertiary alicyclic amines) is 1. The number of nitrogens with one attached hydrogen (secondary N) is 1. The number of benzene rings is 1. The van der Waals surface area contributed by atoms with Crippen molar-refractivity contribution in [2.45, 2.75) is 39.1 Å². The quantitative estimate of drug-likeness (QED) is 0.598. The summed E-state index contributed by atoms with van der Waals surface area (Å²) >= 11 is 0. The fraction of sp³-hybridized carbons (Fsp3) is 0.455. The summed E-state index contributed by atoms with van der Waals surface area (Å²) in [5, 5.41) is 12.1. The monoisotopic (exact) mass is 449 g/mol. The predicted molar refractivity (Wildman–Crippen MR) is 115 cm³/mol. The van der Waals surface area contributed by atoms with Gasteiger partial charge in [-0.1, -0.05) is 6.92 Å². The largest absolute Gasteiger partial charge is 0.573 e. The van der Waals surface area contributed by atoms with E-state index in [2.05, 4.69) is 32.1 Å². The zero-order chi connectivity index (χ0) is 22.9. The van der Waals surface area contributed by atoms with Crippen LogP contribution in [0.25, 0.3) is 16.8 Å². The molecule has 7 nitrogen and oxygen atoms in total. The number of alkyl halides is 3. The number of methoxy groups -OCH3 is 1. The Morgan fingerprint density at radius 2 is 2.03 bits per heavy atom. The Bertz CT molecular complexity index is 1100. The molecule has 3 aromatic rings. The third-order valence-corrected chi connectivity index (χ3v) is 5.63. The van der Waals surface area contributed by atoms with Crippen LogP contribution in [-0.2, 0) is 0 Å². The highest BCUT2D eigenvalue weighted by Crippen LogP contribution is 2.38. The molecule has 1 N–H and O–H groups in total. The average Bonchev–Trinajstić information content (AvgIpc) is 3.15. The maximum absolute atomic E-state index is 13.1. The molecule has 0 bridgehead atoms. The van der Waals surface area contributed by atoms with Crippen LogP contribution in [0.4, 0.5) is 19.1 Å². The Morgan fingerprint density at radius 1 is 1.22 bits per heavy atom. The van der Waals surface area contributed by atoms with Crippen LogP contribution in [0.5, 0.6) is 11.5 Å². The van der Waals surface area contributed by atoms with Crippen molar-refractivity contribution in [1.82, 2.24) is 19.5 Å². The van der Waals surface area contributed by atoms with Crippen molar-refractivity contribution in [2.24, 2.45) is 0 Å². The van der Waals surface area contributed by atoms with Gasteiger partial charge in [-0.3, -0.25) is 4.40 Å². The number of halogens is 3. The Morgan fingerprint density at radius 3 is 2.75 bits per heavy atom. The fourth-order valence-corrected chi connectivity index (χ4v) is 4.12. The molecule has 1 fully saturated rings. The SMILES string of the molecule is CCN1CCCC(Nc2nnc(-c3ccc(OC)cc3OC(F)(F)F)c3cc(C)cn23)C1. The molecule has 1 aliphatic heterocycles. The Labute approximate surface area is 184 Å². The van der Waals surface area contributed by atoms with E-state index in [4.69, 9.17) is 4.74 Å². The molecule has 2 aromatic heterocycles. The van der Waals surface area contributed by atoms with Crippen molar-refractivity contribution in [1.29, 1.82) is 0 Å². The zero-order valence-corrected chi connectivity index (χ0v) is 18.2. The van der Waals surface area contributed by atoms with E-state index in [0.717, 1.165) is 38.0 Å². The lowest BCUT2D eigenvalue weighted by Crippen LogP contribution is -2.42. The van der Waals surface area contributed by atoms with Gasteiger partial charge in [-0.25, -0.2) is 0 Å². The van der Waals surface area contributed by atoms with Gasteiger partial charge in [0.05, 0.1) is 12.6 Å². The molecule has 0 saturated carbocycles. The molecule has 1 atom stereocenters. The highest BCUT2D eigenvalue weighted by molar-refractivity contribution is 5.82. The molecule has 10 heteroatoms. The Hall–Kier alpha value is -3.01. The normalized spacial score (nSPS) is 17.5. The Kier molecular flexibility index (Phi) is 6.14. The van der Waals surface area contributed by atoms with Gasteiger partial charge in [0.1, 0.15) is 17.2 Å². The van der Waals surface area contributed by atoms with Crippen molar-refractivity contribution >= 4 is 11.5 Å². The molecule has 0 amide bonds. The number of ether oxygens (including phenoxy) is 2. The zero-order valence-electron chi connectivity index (χ0n) is 18.2. The van der Waals surface area contributed by atoms with Crippen molar-refractivity contribution in [2.75, 3.05) is 32.1 Å². The standard InChI is InChI=1S/C22H26F3N5O2/c1-4-29-9-5-6-15(13-29)26-21-28-27-20(18-10-14(2)12-30(18)21)17-8-7-16(31-3)11-19(17)32-22(23,24)25/h7-8,10-12,15H,4-6,9,13H2,1-3H3,(H,26,28). The van der Waals surface area contributed by atoms with Crippen LogP contribution in [0.1, 0.15) is 25.3 Å². The summed E-state index contributed by atoms with van der Waals surface area (Å²) < 4.78 is 50.4. The van der Waals surface area contributed by atoms with E-state index in [-0.39, 0.29) is 17.4 Å². The van der Waals surface area contributed by atoms with E-state index in [1.807, 2.05) is 23.6 Å². The Balaban J connectivity index is 1.75. The lowest BCUT2D eigenvalue weighted by molar-refractivity contribution is -0.274. The number of nitrogens with zero attached hydrogens (tertiary/aromatic N) is 4. The summed E-state index contributed by atoms with van der Waals surface area (Å²) in [6.45, 7) is 7.03. The van der Waals surface area contributed by atoms with Crippen molar-refractivity contribution in [3.8, 4) is 22.8 Å². The first-order chi connectivity index (χ1) is 15.3. The first kappa shape index (κ1) is 22.2. The first-order valence-corrected chi connectivity index (χ1v) is 10.6. The summed E-state index contributed by atoms with van der Waals surface area (Å²) in [6, 6.07) is 6.36. The summed E-state index contributed by atoms with van der Waals surface area (Å²) in [5.74, 6) is 0.421. The number of piperidine rings is 1. The molecule has 1 aromatic carbocycles. The van der Waals surface area contributed by atoms with Crippen LogP contribution >= 0.6 is 0 Å². The van der Waals surface area contributed by atoms with Gasteiger partial charge in [-0.05, 0) is 56.6 Å². The van der Waals surface area contributed by atoms with Crippen LogP contribution in [0.3, 0.4) is 0 Å². The van der Waals surface area contributed by atoms with Crippen molar-refractivity contribution < 1.29 is 22.6 Å². The van der Waals surface area contributed by atoms with Gasteiger partial charge in [0.25, 0.3) is 0 Å². The minimum Gasteiger partial charge on any atom is -0.497 e. The van der Waals surface area contributed by atoms with E-state index in [0.29, 0.717) is 17.2 Å². The maximum Gasteiger partial charge on any atom is 0.573 e. The lowest BCUT2D eigenvalue weighted by Gasteiger charge is -2.32. The van der Waals surface area contributed by atoms with E-state index < -0.39 is 12.1 Å². The third-order valence-electron chi connectivity index (χ3n) is 5.63. The topological polar surface area (TPSA) is 63.9 Å². The number of hydrogen-bond donors (Lipinski definition) is 1. The maximum atomic E-state index is 13.1. The second kappa shape index (κ2) is 8.85. The number of rotatable bonds is 6. The molecule has 0 radical (unpaired) electrons. The summed E-state index contributed by atoms with van der Waals surface area (Å²) in [6.07, 6.45) is -0.848. The van der Waals surface area contributed by atoms with E-state index in [9.17, 15) is 13.2 Å². The van der Waals surface area contributed by atoms with Gasteiger partial charge in [-0.15, -0.1) is 23.4 Å². The van der Waals surface area contributed by atoms with Gasteiger partial charge in [-0.2, -0.15) is 0 Å². The number of aromatic nitrogens is 3. The van der Waals surface area contributed by atoms with Crippen LogP contribution in [0, 0.1) is 6.92 Å². The third kappa shape index (κ3) is 4.74. The molecule has 0 aliphatic carbocycles. The van der Waals surface area contributed by atoms with Crippen LogP contribution < -0.4 is 14.8 Å². The van der Waals surface area contributed by atoms with Crippen molar-refractivity contribution in [3.05, 3.63) is 36.0 Å². The minimum atomic E-state index is -4.85. The van der Waals surface area contributed by atoms with Gasteiger partial charge in [0, 0.05) is 30.4 Å². The minimum absolute atomic E-state index is 0.181. The fourth-order valence-electron chi connectivity index (χ4n) is 4.12. The second-order valence-electron chi connectivity index (χ2n) is 7.93. The first-order valence-electron chi connectivity index (χ1n) is 10.6. The molecule has 3 heterocycles. The van der Waals surface area contributed by atoms with Gasteiger partial charge in [0.2, 0.25) is 5.95 Å².